The van der Waals surface area contributed by atoms with Crippen LogP contribution in [0.25, 0.3) is 0 Å². The molecular weight excluding hydrogens is 276 g/mol. The number of para-hydroxylation sites is 1. The van der Waals surface area contributed by atoms with Crippen LogP contribution in [-0.2, 0) is 9.84 Å². The van der Waals surface area contributed by atoms with Crippen molar-refractivity contribution in [1.29, 1.82) is 0 Å². The van der Waals surface area contributed by atoms with Gasteiger partial charge in [0, 0.05) is 6.26 Å². The number of hydrogen-bond donors (Lipinski definition) is 1. The fourth-order valence-corrected chi connectivity index (χ4v) is 2.36. The van der Waals surface area contributed by atoms with Crippen LogP contribution in [-0.4, -0.2) is 26.4 Å². The summed E-state index contributed by atoms with van der Waals surface area (Å²) in [5.41, 5.74) is 0.619. The lowest BCUT2D eigenvalue weighted by Gasteiger charge is -2.13. The largest absolute Gasteiger partial charge is 0.491 e. The predicted molar refractivity (Wildman–Crippen MR) is 76.4 cm³/mol. The average Bonchev–Trinajstić information content (AvgIpc) is 2.45. The van der Waals surface area contributed by atoms with Gasteiger partial charge < -0.3 is 9.84 Å². The van der Waals surface area contributed by atoms with Crippen LogP contribution >= 0.6 is 0 Å². The molecule has 4 nitrogen and oxygen atoms in total. The summed E-state index contributed by atoms with van der Waals surface area (Å²) in [6.07, 6.45) is 0.348. The zero-order valence-corrected chi connectivity index (χ0v) is 11.9. The van der Waals surface area contributed by atoms with Gasteiger partial charge in [0.25, 0.3) is 0 Å². The lowest BCUT2D eigenvalue weighted by Crippen LogP contribution is -2.10. The molecule has 1 atom stereocenters. The normalized spacial score (nSPS) is 12.9. The molecule has 106 valence electrons. The molecule has 0 bridgehead atoms. The van der Waals surface area contributed by atoms with E-state index in [0.29, 0.717) is 11.3 Å². The lowest BCUT2D eigenvalue weighted by atomic mass is 10.1. The molecule has 2 aromatic rings. The van der Waals surface area contributed by atoms with Crippen molar-refractivity contribution in [3.8, 4) is 5.75 Å². The van der Waals surface area contributed by atoms with Gasteiger partial charge in [0.2, 0.25) is 0 Å². The highest BCUT2D eigenvalue weighted by atomic mass is 32.2. The highest BCUT2D eigenvalue weighted by Gasteiger charge is 2.11. The molecule has 20 heavy (non-hydrogen) atoms. The lowest BCUT2D eigenvalue weighted by molar-refractivity contribution is 0.108. The van der Waals surface area contributed by atoms with Gasteiger partial charge >= 0.3 is 0 Å². The van der Waals surface area contributed by atoms with E-state index in [1.807, 2.05) is 18.2 Å². The molecule has 0 fully saturated rings. The van der Waals surface area contributed by atoms with E-state index in [9.17, 15) is 13.5 Å². The third-order valence-corrected chi connectivity index (χ3v) is 3.97. The fourth-order valence-electron chi connectivity index (χ4n) is 1.73. The monoisotopic (exact) mass is 292 g/mol. The first-order valence-corrected chi connectivity index (χ1v) is 8.02. The van der Waals surface area contributed by atoms with Crippen molar-refractivity contribution in [3.05, 3.63) is 60.2 Å². The Kier molecular flexibility index (Phi) is 4.42. The topological polar surface area (TPSA) is 63.6 Å². The molecule has 0 heterocycles. The predicted octanol–water partition coefficient (Wildman–Crippen LogP) is 2.20. The Morgan fingerprint density at radius 3 is 2.20 bits per heavy atom. The summed E-state index contributed by atoms with van der Waals surface area (Å²) in [6.45, 7) is 0.113. The van der Waals surface area contributed by atoms with Gasteiger partial charge in [-0.2, -0.15) is 0 Å². The van der Waals surface area contributed by atoms with Crippen molar-refractivity contribution in [2.75, 3.05) is 12.9 Å². The van der Waals surface area contributed by atoms with E-state index in [4.69, 9.17) is 4.74 Å². The zero-order valence-electron chi connectivity index (χ0n) is 11.1. The molecule has 0 radical (unpaired) electrons. The molecule has 1 N–H and O–H groups in total. The second kappa shape index (κ2) is 6.07. The van der Waals surface area contributed by atoms with E-state index in [1.54, 1.807) is 24.3 Å². The van der Waals surface area contributed by atoms with Gasteiger partial charge in [-0.15, -0.1) is 0 Å². The highest BCUT2D eigenvalue weighted by molar-refractivity contribution is 7.90. The smallest absolute Gasteiger partial charge is 0.175 e. The third kappa shape index (κ3) is 3.82. The van der Waals surface area contributed by atoms with Crippen LogP contribution in [0.5, 0.6) is 5.75 Å². The summed E-state index contributed by atoms with van der Waals surface area (Å²) in [4.78, 5) is 0.234. The molecule has 0 aromatic heterocycles. The molecule has 0 aliphatic rings. The Labute approximate surface area is 118 Å². The molecule has 2 rings (SSSR count). The Morgan fingerprint density at radius 1 is 1.05 bits per heavy atom. The summed E-state index contributed by atoms with van der Waals surface area (Å²) < 4.78 is 28.1. The number of benzene rings is 2. The number of sulfone groups is 1. The van der Waals surface area contributed by atoms with Gasteiger partial charge in [0.05, 0.1) is 4.90 Å². The van der Waals surface area contributed by atoms with Crippen molar-refractivity contribution in [1.82, 2.24) is 0 Å². The quantitative estimate of drug-likeness (QED) is 0.917. The second-order valence-corrected chi connectivity index (χ2v) is 6.50. The minimum absolute atomic E-state index is 0.113. The first-order valence-electron chi connectivity index (χ1n) is 6.13. The molecule has 0 saturated carbocycles. The summed E-state index contributed by atoms with van der Waals surface area (Å²) in [5.74, 6) is 0.680. The number of rotatable bonds is 5. The van der Waals surface area contributed by atoms with E-state index in [-0.39, 0.29) is 11.5 Å². The van der Waals surface area contributed by atoms with Gasteiger partial charge in [-0.3, -0.25) is 0 Å². The van der Waals surface area contributed by atoms with Crippen molar-refractivity contribution in [3.63, 3.8) is 0 Å². The zero-order chi connectivity index (χ0) is 14.6. The molecule has 5 heteroatoms. The minimum Gasteiger partial charge on any atom is -0.491 e. The van der Waals surface area contributed by atoms with Crippen molar-refractivity contribution in [2.45, 2.75) is 11.0 Å². The van der Waals surface area contributed by atoms with Crippen LogP contribution in [0.1, 0.15) is 11.7 Å². The molecule has 1 unspecified atom stereocenters. The van der Waals surface area contributed by atoms with Crippen LogP contribution in [0, 0.1) is 0 Å². The maximum absolute atomic E-state index is 11.3. The number of aliphatic hydroxyl groups excluding tert-OH is 1. The van der Waals surface area contributed by atoms with Crippen molar-refractivity contribution >= 4 is 9.84 Å². The first kappa shape index (κ1) is 14.6. The Morgan fingerprint density at radius 2 is 1.65 bits per heavy atom. The Bertz CT molecular complexity index is 648. The summed E-state index contributed by atoms with van der Waals surface area (Å²) >= 11 is 0. The molecule has 0 saturated heterocycles. The van der Waals surface area contributed by atoms with Crippen LogP contribution in [0.3, 0.4) is 0 Å². The highest BCUT2D eigenvalue weighted by Crippen LogP contribution is 2.18. The fraction of sp³-hybridized carbons (Fsp3) is 0.200. The summed E-state index contributed by atoms with van der Waals surface area (Å²) in [5, 5.41) is 10.0. The van der Waals surface area contributed by atoms with Gasteiger partial charge in [-0.1, -0.05) is 30.3 Å². The minimum atomic E-state index is -3.21. The van der Waals surface area contributed by atoms with Gasteiger partial charge in [-0.05, 0) is 29.8 Å². The van der Waals surface area contributed by atoms with Gasteiger partial charge in [0.15, 0.2) is 9.84 Å². The third-order valence-electron chi connectivity index (χ3n) is 2.84. The van der Waals surface area contributed by atoms with Crippen molar-refractivity contribution < 1.29 is 18.3 Å². The van der Waals surface area contributed by atoms with Crippen LogP contribution in [0.2, 0.25) is 0 Å². The van der Waals surface area contributed by atoms with Crippen LogP contribution in [0.4, 0.5) is 0 Å². The first-order chi connectivity index (χ1) is 9.47. The molecule has 2 aromatic carbocycles. The molecule has 0 amide bonds. The molecule has 0 aliphatic heterocycles. The standard InChI is InChI=1S/C15H16O4S/c1-20(17,18)14-9-7-12(8-10-14)15(16)11-19-13-5-3-2-4-6-13/h2-10,15-16H,11H2,1H3. The number of aliphatic hydroxyl groups is 1. The van der Waals surface area contributed by atoms with E-state index >= 15 is 0 Å². The molecule has 0 aliphatic carbocycles. The van der Waals surface area contributed by atoms with Gasteiger partial charge in [-0.25, -0.2) is 8.42 Å². The van der Waals surface area contributed by atoms with Gasteiger partial charge in [0.1, 0.15) is 18.5 Å². The van der Waals surface area contributed by atoms with Crippen LogP contribution in [0.15, 0.2) is 59.5 Å². The van der Waals surface area contributed by atoms with E-state index in [0.717, 1.165) is 6.26 Å². The second-order valence-electron chi connectivity index (χ2n) is 4.48. The maximum atomic E-state index is 11.3. The van der Waals surface area contributed by atoms with Crippen molar-refractivity contribution in [2.24, 2.45) is 0 Å². The summed E-state index contributed by atoms with van der Waals surface area (Å²) in [7, 11) is -3.21. The average molecular weight is 292 g/mol. The van der Waals surface area contributed by atoms with E-state index in [1.165, 1.54) is 12.1 Å². The Hall–Kier alpha value is -1.85. The SMILES string of the molecule is CS(=O)(=O)c1ccc(C(O)COc2ccccc2)cc1. The van der Waals surface area contributed by atoms with Crippen LogP contribution < -0.4 is 4.74 Å². The van der Waals surface area contributed by atoms with E-state index in [2.05, 4.69) is 0 Å². The molecular formula is C15H16O4S. The Balaban J connectivity index is 2.01. The van der Waals surface area contributed by atoms with E-state index < -0.39 is 15.9 Å². The molecule has 0 spiro atoms. The maximum Gasteiger partial charge on any atom is 0.175 e. The number of hydrogen-bond acceptors (Lipinski definition) is 4. The number of ether oxygens (including phenoxy) is 1. The summed E-state index contributed by atoms with van der Waals surface area (Å²) in [6, 6.07) is 15.3.